The molecule has 774 valence electrons. The fourth-order valence-corrected chi connectivity index (χ4v) is 16.3. The quantitative estimate of drug-likeness (QED) is 0.0253. The first-order chi connectivity index (χ1) is 60.7. The van der Waals surface area contributed by atoms with Crippen LogP contribution in [0.2, 0.25) is 0 Å². The third-order valence-electron chi connectivity index (χ3n) is 26.4. The molecule has 14 atom stereocenters. The third kappa shape index (κ3) is 102. The van der Waals surface area contributed by atoms with Crippen molar-refractivity contribution < 1.29 is 46.0 Å². The topological polar surface area (TPSA) is 258 Å². The van der Waals surface area contributed by atoms with Gasteiger partial charge in [0, 0.05) is 58.9 Å². The molecule has 0 aromatic carbocycles. The number of unbranched alkanes of at least 4 members (excludes halogenated alkanes) is 35. The van der Waals surface area contributed by atoms with Crippen molar-refractivity contribution in [3.05, 3.63) is 0 Å². The molecule has 0 heterocycles. The highest BCUT2D eigenvalue weighted by Gasteiger charge is 2.24. The van der Waals surface area contributed by atoms with E-state index in [-0.39, 0.29) is 68.3 Å². The molecule has 0 saturated heterocycles. The molecule has 0 aliphatic carbocycles. The molecule has 0 aromatic heterocycles. The number of hydrogen-bond donors (Lipinski definition) is 14. The molecule has 127 heavy (non-hydrogen) atoms. The molecule has 0 spiro atoms. The Balaban J connectivity index is -0.000000377. The lowest BCUT2D eigenvalue weighted by molar-refractivity contribution is 0.0382. The second-order valence-corrected chi connectivity index (χ2v) is 39.6. The zero-order valence-corrected chi connectivity index (χ0v) is 88.5. The molecule has 19 nitrogen and oxygen atoms in total. The Morgan fingerprint density at radius 2 is 0.409 bits per heavy atom. The van der Waals surface area contributed by atoms with Gasteiger partial charge in [-0.3, -0.25) is 9.80 Å². The van der Waals surface area contributed by atoms with E-state index in [1.54, 1.807) is 0 Å². The second-order valence-electron chi connectivity index (χ2n) is 39.6. The first kappa shape index (κ1) is 137. The predicted molar refractivity (Wildman–Crippen MR) is 560 cm³/mol. The van der Waals surface area contributed by atoms with Crippen LogP contribution in [0.3, 0.4) is 0 Å². The second kappa shape index (κ2) is 107. The Hall–Kier alpha value is -0.760. The molecule has 0 radical (unpaired) electrons. The zero-order valence-electron chi connectivity index (χ0n) is 88.5. The molecular formula is C108H238N10O9. The first-order valence-corrected chi connectivity index (χ1v) is 54.7. The fraction of sp³-hybridized carbons (Fsp3) is 1.00. The van der Waals surface area contributed by atoms with Crippen molar-refractivity contribution in [3.8, 4) is 0 Å². The summed E-state index contributed by atoms with van der Waals surface area (Å²) in [6.07, 6.45) is 65.3. The summed E-state index contributed by atoms with van der Waals surface area (Å²) in [7, 11) is 12.2. The normalized spacial score (nSPS) is 15.1. The van der Waals surface area contributed by atoms with Crippen molar-refractivity contribution >= 4 is 0 Å². The molecule has 14 N–H and O–H groups in total. The maximum absolute atomic E-state index is 10.9. The first-order valence-electron chi connectivity index (χ1n) is 54.7. The standard InChI is InChI=1S/C36H76N2O3.2C22H48N2O2.C19H42N2O.C8H20N2O.CH4/c1-7-10-12-14-16-18-20-22-25-32(4)35(40)30-37(6)27-24-28-38(29-34(39)9-3)31-36(41)33(5)26-23-21-19-17-15-13-11-8-2;1-5-7-8-9-10-11-12-13-15-20(3)22(26)19-24(4)17-14-16-23-18-21(25)6-2;1-5-7-8-9-10-11-12-13-15-20(3)22(26)19-24(17-14-16-23-4)18-21(25)6-2;1-5-6-7-8-9-10-11-12-14-18(2)19(22)17-21(4)16-13-15-20-3;1-3-8(11)7-10-6-4-5-9-2;/h32-36,39-41H,7-31H2,1-6H3;2*20-23,25-26H,5-19H2,1-4H3;18-20,22H,5-17H2,1-4H3;8-11H,3-7H2,1-2H3;1H4. The summed E-state index contributed by atoms with van der Waals surface area (Å²) in [5.41, 5.74) is 0. The number of hydrogen-bond acceptors (Lipinski definition) is 19. The van der Waals surface area contributed by atoms with Gasteiger partial charge in [-0.05, 0) is 227 Å². The van der Waals surface area contributed by atoms with Crippen LogP contribution in [0.25, 0.3) is 0 Å². The molecule has 0 aromatic rings. The van der Waals surface area contributed by atoms with E-state index in [4.69, 9.17) is 5.11 Å². The average Bonchev–Trinajstić information content (AvgIpc) is 0.961. The van der Waals surface area contributed by atoms with E-state index in [2.05, 4.69) is 141 Å². The van der Waals surface area contributed by atoms with Gasteiger partial charge in [-0.1, -0.05) is 361 Å². The van der Waals surface area contributed by atoms with Crippen molar-refractivity contribution in [3.63, 3.8) is 0 Å². The van der Waals surface area contributed by atoms with Gasteiger partial charge in [0.15, 0.2) is 0 Å². The lowest BCUT2D eigenvalue weighted by atomic mass is 9.96. The highest BCUT2D eigenvalue weighted by Crippen LogP contribution is 2.23. The summed E-state index contributed by atoms with van der Waals surface area (Å²) in [6, 6.07) is 0. The van der Waals surface area contributed by atoms with Gasteiger partial charge >= 0.3 is 0 Å². The molecular weight excluding hydrogens is 1580 g/mol. The Kier molecular flexibility index (Phi) is 116. The monoisotopic (exact) mass is 1820 g/mol. The van der Waals surface area contributed by atoms with Gasteiger partial charge in [-0.15, -0.1) is 0 Å². The molecule has 14 unspecified atom stereocenters. The molecule has 0 bridgehead atoms. The van der Waals surface area contributed by atoms with Gasteiger partial charge in [0.25, 0.3) is 0 Å². The van der Waals surface area contributed by atoms with Gasteiger partial charge < -0.3 is 87.2 Å². The summed E-state index contributed by atoms with van der Waals surface area (Å²) < 4.78 is 0. The maximum Gasteiger partial charge on any atom is 0.0692 e. The van der Waals surface area contributed by atoms with Crippen LogP contribution < -0.4 is 26.6 Å². The van der Waals surface area contributed by atoms with Crippen LogP contribution >= 0.6 is 0 Å². The van der Waals surface area contributed by atoms with Crippen LogP contribution in [0.4, 0.5) is 0 Å². The van der Waals surface area contributed by atoms with Crippen molar-refractivity contribution in [2.24, 2.45) is 29.6 Å². The van der Waals surface area contributed by atoms with Crippen LogP contribution in [-0.4, -0.2) is 292 Å². The molecule has 0 rings (SSSR count). The van der Waals surface area contributed by atoms with E-state index in [0.717, 1.165) is 169 Å². The van der Waals surface area contributed by atoms with Crippen LogP contribution in [0.1, 0.15) is 451 Å². The molecule has 0 aliphatic rings. The summed E-state index contributed by atoms with van der Waals surface area (Å²) in [6.45, 7) is 46.3. The van der Waals surface area contributed by atoms with E-state index in [1.165, 1.54) is 263 Å². The van der Waals surface area contributed by atoms with Crippen LogP contribution in [0.5, 0.6) is 0 Å². The number of nitrogens with one attached hydrogen (secondary N) is 5. The third-order valence-corrected chi connectivity index (χ3v) is 26.4. The zero-order chi connectivity index (χ0) is 95.1. The van der Waals surface area contributed by atoms with Crippen LogP contribution in [-0.2, 0) is 0 Å². The average molecular weight is 1820 g/mol. The van der Waals surface area contributed by atoms with Crippen LogP contribution in [0.15, 0.2) is 0 Å². The van der Waals surface area contributed by atoms with Gasteiger partial charge in [0.1, 0.15) is 0 Å². The highest BCUT2D eigenvalue weighted by atomic mass is 16.3. The summed E-state index contributed by atoms with van der Waals surface area (Å²) in [5.74, 6) is 1.77. The smallest absolute Gasteiger partial charge is 0.0692 e. The fourth-order valence-electron chi connectivity index (χ4n) is 16.3. The summed E-state index contributed by atoms with van der Waals surface area (Å²) in [4.78, 5) is 11.2. The SMILES string of the molecule is C.CCC(O)CNCCCNC.CCCCCCCCCCC(C)C(O)CN(C)CCCN(CC(O)CC)CC(O)C(C)CCCCCCCCCC.CCCCCCCCCCC(C)C(O)CN(C)CCCNC.CCCCCCCCCCC(C)C(O)CN(C)CCCNCC(O)CC.CCCCCCCCCCC(C)C(O)CN(CCCNC)CC(O)CC. The minimum Gasteiger partial charge on any atom is -0.392 e. The lowest BCUT2D eigenvalue weighted by Gasteiger charge is -2.30. The van der Waals surface area contributed by atoms with Crippen molar-refractivity contribution in [1.82, 2.24) is 51.1 Å². The number of likely N-dealkylation sites (N-methyl/N-ethyl adjacent to an activating group) is 3. The molecule has 19 heteroatoms. The Morgan fingerprint density at radius 1 is 0.213 bits per heavy atom. The van der Waals surface area contributed by atoms with Gasteiger partial charge in [0.05, 0.1) is 54.9 Å². The number of aliphatic hydroxyl groups excluding tert-OH is 9. The van der Waals surface area contributed by atoms with E-state index in [9.17, 15) is 40.9 Å². The van der Waals surface area contributed by atoms with E-state index in [1.807, 2.05) is 48.8 Å². The molecule has 0 amide bonds. The Labute approximate surface area is 795 Å². The molecule has 0 saturated carbocycles. The van der Waals surface area contributed by atoms with E-state index >= 15 is 0 Å². The van der Waals surface area contributed by atoms with Crippen LogP contribution in [0, 0.1) is 29.6 Å². The van der Waals surface area contributed by atoms with Crippen molar-refractivity contribution in [2.45, 2.75) is 506 Å². The molecule has 0 aliphatic heterocycles. The Bertz CT molecular complexity index is 2010. The summed E-state index contributed by atoms with van der Waals surface area (Å²) in [5, 5.41) is 108. The van der Waals surface area contributed by atoms with E-state index in [0.29, 0.717) is 62.9 Å². The minimum atomic E-state index is -0.347. The van der Waals surface area contributed by atoms with Gasteiger partial charge in [-0.2, -0.15) is 0 Å². The minimum absolute atomic E-state index is 0. The maximum atomic E-state index is 10.9. The number of nitrogens with zero attached hydrogens (tertiary/aromatic N) is 5. The van der Waals surface area contributed by atoms with Gasteiger partial charge in [-0.25, -0.2) is 0 Å². The largest absolute Gasteiger partial charge is 0.392 e. The Morgan fingerprint density at radius 3 is 0.654 bits per heavy atom. The van der Waals surface area contributed by atoms with Crippen molar-refractivity contribution in [2.75, 3.05) is 167 Å². The lowest BCUT2D eigenvalue weighted by Crippen LogP contribution is -2.41. The van der Waals surface area contributed by atoms with Gasteiger partial charge in [0.2, 0.25) is 0 Å². The highest BCUT2D eigenvalue weighted by molar-refractivity contribution is 4.78. The molecule has 0 fully saturated rings. The number of aliphatic hydroxyl groups is 9. The predicted octanol–water partition coefficient (Wildman–Crippen LogP) is 21.5. The van der Waals surface area contributed by atoms with Crippen molar-refractivity contribution in [1.29, 1.82) is 0 Å². The number of rotatable bonds is 92. The summed E-state index contributed by atoms with van der Waals surface area (Å²) >= 11 is 0. The van der Waals surface area contributed by atoms with E-state index < -0.39 is 0 Å².